The quantitative estimate of drug-likeness (QED) is 0.175. The van der Waals surface area contributed by atoms with Crippen LogP contribution in [0.1, 0.15) is 19.3 Å². The smallest absolute Gasteiger partial charge is 0.326 e. The summed E-state index contributed by atoms with van der Waals surface area (Å²) in [5.41, 5.74) is 10.6. The number of carboxylic acids is 1. The van der Waals surface area contributed by atoms with Crippen LogP contribution in [0.15, 0.2) is 0 Å². The minimum absolute atomic E-state index is 0.237. The van der Waals surface area contributed by atoms with E-state index in [9.17, 15) is 19.2 Å². The zero-order valence-electron chi connectivity index (χ0n) is 13.3. The van der Waals surface area contributed by atoms with Crippen molar-refractivity contribution in [2.45, 2.75) is 31.3 Å². The van der Waals surface area contributed by atoms with E-state index in [0.717, 1.165) is 0 Å². The van der Waals surface area contributed by atoms with Crippen LogP contribution in [0.3, 0.4) is 0 Å². The highest BCUT2D eigenvalue weighted by Gasteiger charge is 2.19. The van der Waals surface area contributed by atoms with E-state index in [1.165, 1.54) is 0 Å². The van der Waals surface area contributed by atoms with Gasteiger partial charge in [0.25, 0.3) is 0 Å². The van der Waals surface area contributed by atoms with Gasteiger partial charge in [0.05, 0.1) is 19.7 Å². The fraction of sp³-hybridized carbons (Fsp3) is 0.692. The second-order valence-corrected chi connectivity index (χ2v) is 5.03. The van der Waals surface area contributed by atoms with Gasteiger partial charge in [0, 0.05) is 0 Å². The first-order chi connectivity index (χ1) is 11.3. The number of carbonyl (C=O) groups excluding carboxylic acids is 3. The Bertz CT molecular complexity index is 445. The van der Waals surface area contributed by atoms with E-state index in [0.29, 0.717) is 19.4 Å². The third-order valence-electron chi connectivity index (χ3n) is 2.98. The minimum Gasteiger partial charge on any atom is -0.480 e. The second-order valence-electron chi connectivity index (χ2n) is 5.03. The van der Waals surface area contributed by atoms with Crippen molar-refractivity contribution < 1.29 is 29.4 Å². The average molecular weight is 347 g/mol. The molecule has 0 bridgehead atoms. The molecule has 11 nitrogen and oxygen atoms in total. The van der Waals surface area contributed by atoms with Crippen LogP contribution in [0.4, 0.5) is 0 Å². The molecule has 0 aliphatic heterocycles. The van der Waals surface area contributed by atoms with E-state index in [1.807, 2.05) is 0 Å². The van der Waals surface area contributed by atoms with E-state index in [-0.39, 0.29) is 6.42 Å². The Morgan fingerprint density at radius 1 is 1.00 bits per heavy atom. The summed E-state index contributed by atoms with van der Waals surface area (Å²) in [4.78, 5) is 45.3. The number of nitrogens with one attached hydrogen (secondary N) is 3. The number of aliphatic hydroxyl groups is 1. The third kappa shape index (κ3) is 9.71. The highest BCUT2D eigenvalue weighted by atomic mass is 16.4. The van der Waals surface area contributed by atoms with Crippen LogP contribution in [0.5, 0.6) is 0 Å². The molecule has 9 N–H and O–H groups in total. The number of carbonyl (C=O) groups is 4. The van der Waals surface area contributed by atoms with Gasteiger partial charge in [-0.2, -0.15) is 0 Å². The number of aliphatic carboxylic acids is 1. The molecule has 11 heteroatoms. The van der Waals surface area contributed by atoms with E-state index >= 15 is 0 Å². The molecule has 0 saturated carbocycles. The summed E-state index contributed by atoms with van der Waals surface area (Å²) in [6.07, 6.45) is 1.44. The van der Waals surface area contributed by atoms with Crippen LogP contribution in [0.25, 0.3) is 0 Å². The van der Waals surface area contributed by atoms with Gasteiger partial charge in [-0.15, -0.1) is 0 Å². The van der Waals surface area contributed by atoms with Crippen LogP contribution >= 0.6 is 0 Å². The summed E-state index contributed by atoms with van der Waals surface area (Å²) in [5, 5.41) is 24.4. The lowest BCUT2D eigenvalue weighted by Gasteiger charge is -2.15. The number of carboxylic acid groups (broad SMARTS) is 1. The molecule has 3 amide bonds. The van der Waals surface area contributed by atoms with Crippen LogP contribution < -0.4 is 27.4 Å². The predicted octanol–water partition coefficient (Wildman–Crippen LogP) is -3.76. The van der Waals surface area contributed by atoms with Crippen molar-refractivity contribution in [2.24, 2.45) is 11.5 Å². The van der Waals surface area contributed by atoms with Gasteiger partial charge >= 0.3 is 5.97 Å². The van der Waals surface area contributed by atoms with E-state index in [2.05, 4.69) is 16.0 Å². The van der Waals surface area contributed by atoms with Gasteiger partial charge in [0.1, 0.15) is 12.1 Å². The number of nitrogens with two attached hydrogens (primary N) is 2. The Balaban J connectivity index is 4.11. The standard InChI is InChI=1S/C13H25N5O6/c14-4-2-1-3-9(13(23)24)18-11(21)6-16-10(20)5-17-12(22)8(15)7-19/h8-9,19H,1-7,14-15H2,(H,16,20)(H,17,22)(H,18,21)(H,23,24)/t8-,9-/m0/s1. The first-order valence-electron chi connectivity index (χ1n) is 7.44. The molecule has 138 valence electrons. The number of amides is 3. The zero-order valence-corrected chi connectivity index (χ0v) is 13.3. The molecule has 0 radical (unpaired) electrons. The van der Waals surface area contributed by atoms with Crippen LogP contribution in [-0.2, 0) is 19.2 Å². The molecular weight excluding hydrogens is 322 g/mol. The van der Waals surface area contributed by atoms with Crippen molar-refractivity contribution in [3.63, 3.8) is 0 Å². The van der Waals surface area contributed by atoms with Crippen LogP contribution in [-0.4, -0.2) is 72.2 Å². The molecule has 0 aliphatic rings. The van der Waals surface area contributed by atoms with Crippen molar-refractivity contribution in [3.8, 4) is 0 Å². The molecule has 2 atom stereocenters. The van der Waals surface area contributed by atoms with Gasteiger partial charge in [-0.25, -0.2) is 4.79 Å². The fourth-order valence-electron chi connectivity index (χ4n) is 1.62. The molecule has 0 saturated heterocycles. The van der Waals surface area contributed by atoms with E-state index in [4.69, 9.17) is 21.7 Å². The summed E-state index contributed by atoms with van der Waals surface area (Å²) < 4.78 is 0. The minimum atomic E-state index is -1.17. The largest absolute Gasteiger partial charge is 0.480 e. The van der Waals surface area contributed by atoms with E-state index < -0.39 is 55.5 Å². The van der Waals surface area contributed by atoms with Crippen molar-refractivity contribution in [3.05, 3.63) is 0 Å². The predicted molar refractivity (Wildman–Crippen MR) is 83.6 cm³/mol. The van der Waals surface area contributed by atoms with Gasteiger partial charge in [-0.05, 0) is 25.8 Å². The van der Waals surface area contributed by atoms with Crippen molar-refractivity contribution >= 4 is 23.7 Å². The number of aliphatic hydroxyl groups excluding tert-OH is 1. The molecule has 0 aromatic heterocycles. The zero-order chi connectivity index (χ0) is 18.5. The lowest BCUT2D eigenvalue weighted by atomic mass is 10.1. The summed E-state index contributed by atoms with van der Waals surface area (Å²) >= 11 is 0. The van der Waals surface area contributed by atoms with Gasteiger partial charge in [-0.3, -0.25) is 14.4 Å². The molecule has 0 aromatic rings. The van der Waals surface area contributed by atoms with Crippen molar-refractivity contribution in [2.75, 3.05) is 26.2 Å². The monoisotopic (exact) mass is 347 g/mol. The lowest BCUT2D eigenvalue weighted by Crippen LogP contribution is -2.49. The van der Waals surface area contributed by atoms with Gasteiger partial charge in [0.15, 0.2) is 0 Å². The molecule has 0 unspecified atom stereocenters. The Hall–Kier alpha value is -2.24. The SMILES string of the molecule is NCCCC[C@H](NC(=O)CNC(=O)CNC(=O)[C@@H](N)CO)C(=O)O. The molecular formula is C13H25N5O6. The average Bonchev–Trinajstić information content (AvgIpc) is 2.55. The molecule has 0 aromatic carbocycles. The summed E-state index contributed by atoms with van der Waals surface area (Å²) in [5.74, 6) is -3.19. The molecule has 0 aliphatic carbocycles. The first-order valence-corrected chi connectivity index (χ1v) is 7.44. The maximum atomic E-state index is 11.6. The van der Waals surface area contributed by atoms with Crippen molar-refractivity contribution in [1.82, 2.24) is 16.0 Å². The maximum absolute atomic E-state index is 11.6. The van der Waals surface area contributed by atoms with Gasteiger partial charge in [-0.1, -0.05) is 0 Å². The summed E-state index contributed by atoms with van der Waals surface area (Å²) in [7, 11) is 0. The van der Waals surface area contributed by atoms with Crippen LogP contribution in [0, 0.1) is 0 Å². The lowest BCUT2D eigenvalue weighted by molar-refractivity contribution is -0.142. The Morgan fingerprint density at radius 3 is 2.17 bits per heavy atom. The normalized spacial score (nSPS) is 12.8. The van der Waals surface area contributed by atoms with Crippen LogP contribution in [0.2, 0.25) is 0 Å². The molecule has 24 heavy (non-hydrogen) atoms. The molecule has 0 fully saturated rings. The first kappa shape index (κ1) is 21.8. The number of unbranched alkanes of at least 4 members (excludes halogenated alkanes) is 1. The van der Waals surface area contributed by atoms with Gasteiger partial charge < -0.3 is 37.6 Å². The fourth-order valence-corrected chi connectivity index (χ4v) is 1.62. The van der Waals surface area contributed by atoms with Gasteiger partial charge in [0.2, 0.25) is 17.7 Å². The Morgan fingerprint density at radius 2 is 1.62 bits per heavy atom. The molecule has 0 rings (SSSR count). The Labute approximate surface area is 139 Å². The maximum Gasteiger partial charge on any atom is 0.326 e. The molecule has 0 heterocycles. The second kappa shape index (κ2) is 12.2. The molecule has 0 spiro atoms. The highest BCUT2D eigenvalue weighted by Crippen LogP contribution is 2.00. The number of hydrogen-bond acceptors (Lipinski definition) is 7. The van der Waals surface area contributed by atoms with Crippen molar-refractivity contribution in [1.29, 1.82) is 0 Å². The Kier molecular flexibility index (Phi) is 11.1. The third-order valence-corrected chi connectivity index (χ3v) is 2.98. The highest BCUT2D eigenvalue weighted by molar-refractivity contribution is 5.90. The number of hydrogen-bond donors (Lipinski definition) is 7. The summed E-state index contributed by atoms with van der Waals surface area (Å²) in [6.45, 7) is -0.974. The topological polar surface area (TPSA) is 197 Å². The van der Waals surface area contributed by atoms with E-state index in [1.54, 1.807) is 0 Å². The number of rotatable bonds is 12. The summed E-state index contributed by atoms with van der Waals surface area (Å²) in [6, 6.07) is -2.19.